The van der Waals surface area contributed by atoms with Crippen molar-refractivity contribution in [2.75, 3.05) is 52.9 Å². The van der Waals surface area contributed by atoms with Gasteiger partial charge in [-0.1, -0.05) is 13.3 Å². The standard InChI is InChI=1S/C23H37N5S.CH2O/c1-3-26(15-11-24-2)14-9-21-19-7-8-22-20(10-18-29-22)23(19)28(25-21)17-16-27-12-5-4-6-13-27;1-2/h10,18,24H,3-9,11-17H2,1-2H3;1H2. The molecule has 0 aromatic carbocycles. The van der Waals surface area contributed by atoms with Crippen LogP contribution in [0.15, 0.2) is 11.4 Å². The highest BCUT2D eigenvalue weighted by Crippen LogP contribution is 2.38. The summed E-state index contributed by atoms with van der Waals surface area (Å²) in [6.45, 7) is 13.3. The maximum Gasteiger partial charge on any atom is 0.106 e. The molecule has 1 saturated heterocycles. The van der Waals surface area contributed by atoms with Gasteiger partial charge in [-0.15, -0.1) is 11.3 Å². The highest BCUT2D eigenvalue weighted by Gasteiger charge is 2.26. The summed E-state index contributed by atoms with van der Waals surface area (Å²) in [4.78, 5) is 14.7. The molecule has 0 unspecified atom stereocenters. The molecule has 1 aliphatic carbocycles. The average molecular weight is 446 g/mol. The Kier molecular flexibility index (Phi) is 9.71. The van der Waals surface area contributed by atoms with Crippen LogP contribution in [0.5, 0.6) is 0 Å². The topological polar surface area (TPSA) is 53.4 Å². The minimum atomic E-state index is 1.02. The van der Waals surface area contributed by atoms with E-state index in [-0.39, 0.29) is 0 Å². The number of piperidine rings is 1. The number of thiophene rings is 1. The molecule has 1 fully saturated rings. The Labute approximate surface area is 191 Å². The van der Waals surface area contributed by atoms with Gasteiger partial charge < -0.3 is 19.9 Å². The number of carbonyl (C=O) groups is 1. The number of likely N-dealkylation sites (tertiary alicyclic amines) is 1. The van der Waals surface area contributed by atoms with Gasteiger partial charge in [0.05, 0.1) is 17.9 Å². The van der Waals surface area contributed by atoms with E-state index >= 15 is 0 Å². The van der Waals surface area contributed by atoms with E-state index in [1.807, 2.05) is 25.2 Å². The zero-order valence-electron chi connectivity index (χ0n) is 19.4. The lowest BCUT2D eigenvalue weighted by molar-refractivity contribution is -0.0979. The van der Waals surface area contributed by atoms with Crippen molar-refractivity contribution in [3.05, 3.63) is 27.6 Å². The molecule has 31 heavy (non-hydrogen) atoms. The number of likely N-dealkylation sites (N-methyl/N-ethyl adjacent to an activating group) is 2. The molecule has 0 radical (unpaired) electrons. The summed E-state index contributed by atoms with van der Waals surface area (Å²) in [6, 6.07) is 2.33. The van der Waals surface area contributed by atoms with E-state index in [1.54, 1.807) is 4.88 Å². The molecule has 7 heteroatoms. The van der Waals surface area contributed by atoms with Gasteiger partial charge in [0.2, 0.25) is 0 Å². The van der Waals surface area contributed by atoms with E-state index in [2.05, 4.69) is 38.2 Å². The molecule has 0 saturated carbocycles. The SMILES string of the molecule is C=O.CCN(CCNC)CCc1nn(CCN2CCCCC2)c2c1CCc1sccc1-2. The number of hydrogen-bond donors (Lipinski definition) is 1. The van der Waals surface area contributed by atoms with Crippen molar-refractivity contribution in [2.24, 2.45) is 0 Å². The van der Waals surface area contributed by atoms with Gasteiger partial charge >= 0.3 is 0 Å². The van der Waals surface area contributed by atoms with Crippen molar-refractivity contribution in [3.8, 4) is 11.3 Å². The number of hydrogen-bond acceptors (Lipinski definition) is 6. The van der Waals surface area contributed by atoms with Crippen LogP contribution in [0, 0.1) is 0 Å². The molecule has 0 amide bonds. The van der Waals surface area contributed by atoms with E-state index in [0.29, 0.717) is 0 Å². The molecule has 0 bridgehead atoms. The third-order valence-electron chi connectivity index (χ3n) is 6.60. The van der Waals surface area contributed by atoms with Crippen molar-refractivity contribution >= 4 is 18.1 Å². The molecule has 3 heterocycles. The van der Waals surface area contributed by atoms with Crippen molar-refractivity contribution in [2.45, 2.75) is 52.0 Å². The van der Waals surface area contributed by atoms with Gasteiger partial charge in [0, 0.05) is 48.6 Å². The number of rotatable bonds is 10. The van der Waals surface area contributed by atoms with E-state index in [1.165, 1.54) is 61.3 Å². The molecule has 172 valence electrons. The normalized spacial score (nSPS) is 16.0. The predicted octanol–water partition coefficient (Wildman–Crippen LogP) is 3.10. The Hall–Kier alpha value is -1.54. The van der Waals surface area contributed by atoms with Crippen LogP contribution < -0.4 is 5.32 Å². The third kappa shape index (κ3) is 6.04. The fourth-order valence-electron chi connectivity index (χ4n) is 4.84. The second-order valence-electron chi connectivity index (χ2n) is 8.44. The zero-order valence-corrected chi connectivity index (χ0v) is 20.2. The maximum atomic E-state index is 8.00. The van der Waals surface area contributed by atoms with Crippen LogP contribution in [0.25, 0.3) is 11.3 Å². The monoisotopic (exact) mass is 445 g/mol. The lowest BCUT2D eigenvalue weighted by Crippen LogP contribution is -2.33. The van der Waals surface area contributed by atoms with Gasteiger partial charge in [0.15, 0.2) is 0 Å². The summed E-state index contributed by atoms with van der Waals surface area (Å²) >= 11 is 1.92. The summed E-state index contributed by atoms with van der Waals surface area (Å²) in [7, 11) is 2.03. The van der Waals surface area contributed by atoms with Crippen molar-refractivity contribution < 1.29 is 4.79 Å². The Morgan fingerprint density at radius 2 is 1.97 bits per heavy atom. The van der Waals surface area contributed by atoms with Crippen LogP contribution >= 0.6 is 11.3 Å². The second-order valence-corrected chi connectivity index (χ2v) is 9.45. The van der Waals surface area contributed by atoms with Gasteiger partial charge in [-0.3, -0.25) is 4.68 Å². The molecule has 6 nitrogen and oxygen atoms in total. The van der Waals surface area contributed by atoms with Crippen molar-refractivity contribution in [3.63, 3.8) is 0 Å². The van der Waals surface area contributed by atoms with Crippen LogP contribution in [0.4, 0.5) is 0 Å². The number of aromatic nitrogens is 2. The molecule has 4 rings (SSSR count). The van der Waals surface area contributed by atoms with Gasteiger partial charge in [-0.05, 0) is 63.8 Å². The minimum Gasteiger partial charge on any atom is -0.318 e. The molecule has 0 atom stereocenters. The first-order chi connectivity index (χ1) is 15.3. The molecule has 1 aliphatic heterocycles. The first-order valence-corrected chi connectivity index (χ1v) is 12.7. The smallest absolute Gasteiger partial charge is 0.106 e. The first-order valence-electron chi connectivity index (χ1n) is 11.8. The lowest BCUT2D eigenvalue weighted by atomic mass is 9.94. The maximum absolute atomic E-state index is 8.00. The van der Waals surface area contributed by atoms with E-state index in [4.69, 9.17) is 9.89 Å². The highest BCUT2D eigenvalue weighted by atomic mass is 32.1. The van der Waals surface area contributed by atoms with Crippen LogP contribution in [-0.2, 0) is 30.6 Å². The lowest BCUT2D eigenvalue weighted by Gasteiger charge is -2.26. The van der Waals surface area contributed by atoms with E-state index < -0.39 is 0 Å². The van der Waals surface area contributed by atoms with Crippen LogP contribution in [0.1, 0.15) is 42.3 Å². The Bertz CT molecular complexity index is 796. The average Bonchev–Trinajstić information content (AvgIpc) is 3.44. The molecule has 2 aliphatic rings. The van der Waals surface area contributed by atoms with Crippen LogP contribution in [0.3, 0.4) is 0 Å². The highest BCUT2D eigenvalue weighted by molar-refractivity contribution is 7.10. The molecule has 1 N–H and O–H groups in total. The Morgan fingerprint density at radius 1 is 1.16 bits per heavy atom. The Balaban J connectivity index is 0.00000132. The van der Waals surface area contributed by atoms with E-state index in [9.17, 15) is 0 Å². The van der Waals surface area contributed by atoms with Gasteiger partial charge in [-0.2, -0.15) is 5.10 Å². The van der Waals surface area contributed by atoms with Gasteiger partial charge in [0.1, 0.15) is 6.79 Å². The van der Waals surface area contributed by atoms with Gasteiger partial charge in [-0.25, -0.2) is 0 Å². The fraction of sp³-hybridized carbons (Fsp3) is 0.667. The van der Waals surface area contributed by atoms with Crippen LogP contribution in [0.2, 0.25) is 0 Å². The van der Waals surface area contributed by atoms with Crippen molar-refractivity contribution in [1.29, 1.82) is 0 Å². The second kappa shape index (κ2) is 12.5. The zero-order chi connectivity index (χ0) is 22.1. The van der Waals surface area contributed by atoms with Crippen LogP contribution in [-0.4, -0.2) is 79.2 Å². The third-order valence-corrected chi connectivity index (χ3v) is 7.58. The largest absolute Gasteiger partial charge is 0.318 e. The fourth-order valence-corrected chi connectivity index (χ4v) is 5.72. The molecule has 2 aromatic rings. The molecule has 2 aromatic heterocycles. The summed E-state index contributed by atoms with van der Waals surface area (Å²) < 4.78 is 2.36. The van der Waals surface area contributed by atoms with Crippen molar-refractivity contribution in [1.82, 2.24) is 24.9 Å². The number of nitrogens with one attached hydrogen (secondary N) is 1. The number of carbonyl (C=O) groups excluding carboxylic acids is 1. The molecular weight excluding hydrogens is 406 g/mol. The summed E-state index contributed by atoms with van der Waals surface area (Å²) in [5.41, 5.74) is 5.76. The first kappa shape index (κ1) is 24.1. The summed E-state index contributed by atoms with van der Waals surface area (Å²) in [5.74, 6) is 0. The predicted molar refractivity (Wildman–Crippen MR) is 130 cm³/mol. The summed E-state index contributed by atoms with van der Waals surface area (Å²) in [5, 5.41) is 10.7. The van der Waals surface area contributed by atoms with E-state index in [0.717, 1.165) is 52.1 Å². The summed E-state index contributed by atoms with van der Waals surface area (Å²) in [6.07, 6.45) is 7.52. The number of nitrogens with zero attached hydrogens (tertiary/aromatic N) is 4. The quantitative estimate of drug-likeness (QED) is 0.609. The minimum absolute atomic E-state index is 1.02. The number of aryl methyl sites for hydroxylation is 1. The molecular formula is C24H39N5OS. The van der Waals surface area contributed by atoms with Gasteiger partial charge in [0.25, 0.3) is 0 Å². The molecule has 0 spiro atoms. The number of fused-ring (bicyclic) bond motifs is 3. The Morgan fingerprint density at radius 3 is 2.71 bits per heavy atom.